The highest BCUT2D eigenvalue weighted by molar-refractivity contribution is 6.31. The number of fused-ring (bicyclic) bond motifs is 1. The maximum absolute atomic E-state index is 13.4. The monoisotopic (exact) mass is 326 g/mol. The molecule has 6 heteroatoms. The second-order valence-corrected chi connectivity index (χ2v) is 6.52. The van der Waals surface area contributed by atoms with Gasteiger partial charge in [0.25, 0.3) is 0 Å². The van der Waals surface area contributed by atoms with E-state index in [1.165, 1.54) is 0 Å². The van der Waals surface area contributed by atoms with E-state index in [9.17, 15) is 9.18 Å². The Labute approximate surface area is 134 Å². The molecule has 2 aliphatic rings. The first-order valence-corrected chi connectivity index (χ1v) is 7.99. The summed E-state index contributed by atoms with van der Waals surface area (Å²) in [4.78, 5) is 14.1. The molecule has 0 radical (unpaired) electrons. The Morgan fingerprint density at radius 3 is 2.91 bits per heavy atom. The summed E-state index contributed by atoms with van der Waals surface area (Å²) in [5, 5.41) is 3.51. The third kappa shape index (κ3) is 3.06. The molecule has 1 N–H and O–H groups in total. The lowest BCUT2D eigenvalue weighted by Crippen LogP contribution is -2.47. The normalized spacial score (nSPS) is 19.8. The van der Waals surface area contributed by atoms with Crippen LogP contribution in [0.2, 0.25) is 5.02 Å². The smallest absolute Gasteiger partial charge is 0.321 e. The lowest BCUT2D eigenvalue weighted by Gasteiger charge is -2.35. The number of urea groups is 1. The molecule has 1 fully saturated rings. The molecular formula is C16H20ClFN2O2. The van der Waals surface area contributed by atoms with E-state index in [1.54, 1.807) is 4.90 Å². The van der Waals surface area contributed by atoms with E-state index in [0.29, 0.717) is 44.2 Å². The molecule has 4 nitrogen and oxygen atoms in total. The topological polar surface area (TPSA) is 41.6 Å². The number of carbonyl (C=O) groups is 1. The lowest BCUT2D eigenvalue weighted by atomic mass is 9.81. The Kier molecular flexibility index (Phi) is 4.54. The third-order valence-corrected chi connectivity index (χ3v) is 4.87. The molecule has 0 unspecified atom stereocenters. The second kappa shape index (κ2) is 6.42. The minimum absolute atomic E-state index is 0.180. The van der Waals surface area contributed by atoms with Crippen LogP contribution in [0.4, 0.5) is 14.9 Å². The maximum Gasteiger partial charge on any atom is 0.321 e. The van der Waals surface area contributed by atoms with Gasteiger partial charge in [-0.25, -0.2) is 4.79 Å². The zero-order chi connectivity index (χ0) is 15.6. The highest BCUT2D eigenvalue weighted by Crippen LogP contribution is 2.32. The van der Waals surface area contributed by atoms with Crippen molar-refractivity contribution in [3.05, 3.63) is 28.8 Å². The molecule has 0 spiro atoms. The van der Waals surface area contributed by atoms with Crippen molar-refractivity contribution in [3.8, 4) is 0 Å². The number of nitrogens with one attached hydrogen (secondary N) is 1. The van der Waals surface area contributed by atoms with E-state index in [2.05, 4.69) is 5.32 Å². The predicted octanol–water partition coefficient (Wildman–Crippen LogP) is 3.18. The summed E-state index contributed by atoms with van der Waals surface area (Å²) in [5.41, 5.74) is 1.49. The van der Waals surface area contributed by atoms with Crippen LogP contribution in [0.3, 0.4) is 0 Å². The lowest BCUT2D eigenvalue weighted by molar-refractivity contribution is 0.00374. The van der Waals surface area contributed by atoms with Gasteiger partial charge < -0.3 is 10.1 Å². The van der Waals surface area contributed by atoms with Crippen LogP contribution in [0.1, 0.15) is 18.4 Å². The largest absolute Gasteiger partial charge is 0.381 e. The number of halogens is 2. The number of nitrogens with zero attached hydrogens (tertiary/aromatic N) is 1. The van der Waals surface area contributed by atoms with Crippen molar-refractivity contribution < 1.29 is 13.9 Å². The van der Waals surface area contributed by atoms with Crippen LogP contribution in [0.15, 0.2) is 18.2 Å². The summed E-state index contributed by atoms with van der Waals surface area (Å²) in [5.74, 6) is 0. The Balaban J connectivity index is 1.65. The molecule has 0 saturated carbocycles. The Morgan fingerprint density at radius 1 is 1.41 bits per heavy atom. The van der Waals surface area contributed by atoms with Gasteiger partial charge in [-0.1, -0.05) is 17.7 Å². The average molecular weight is 327 g/mol. The van der Waals surface area contributed by atoms with Crippen molar-refractivity contribution in [1.82, 2.24) is 5.32 Å². The molecule has 1 aromatic carbocycles. The van der Waals surface area contributed by atoms with Gasteiger partial charge in [0.2, 0.25) is 0 Å². The SMILES string of the molecule is O=C(NCC1(CF)CCOCC1)N1CCc2ccc(Cl)cc21. The molecule has 1 saturated heterocycles. The van der Waals surface area contributed by atoms with E-state index in [1.807, 2.05) is 18.2 Å². The second-order valence-electron chi connectivity index (χ2n) is 6.08. The number of carbonyl (C=O) groups excluding carboxylic acids is 1. The van der Waals surface area contributed by atoms with Gasteiger partial charge in [-0.05, 0) is 37.0 Å². The highest BCUT2D eigenvalue weighted by atomic mass is 35.5. The Bertz CT molecular complexity index is 561. The van der Waals surface area contributed by atoms with Crippen molar-refractivity contribution >= 4 is 23.3 Å². The van der Waals surface area contributed by atoms with Crippen LogP contribution in [-0.4, -0.2) is 39.0 Å². The van der Waals surface area contributed by atoms with Gasteiger partial charge in [0.05, 0.1) is 12.4 Å². The van der Waals surface area contributed by atoms with Gasteiger partial charge in [-0.3, -0.25) is 9.29 Å². The summed E-state index contributed by atoms with van der Waals surface area (Å²) in [6, 6.07) is 5.41. The summed E-state index contributed by atoms with van der Waals surface area (Å²) in [7, 11) is 0. The average Bonchev–Trinajstić information content (AvgIpc) is 2.96. The Hall–Kier alpha value is -1.33. The predicted molar refractivity (Wildman–Crippen MR) is 84.4 cm³/mol. The van der Waals surface area contributed by atoms with Gasteiger partial charge in [-0.2, -0.15) is 0 Å². The molecule has 2 aliphatic heterocycles. The molecule has 120 valence electrons. The van der Waals surface area contributed by atoms with Crippen LogP contribution in [0, 0.1) is 5.41 Å². The fourth-order valence-corrected chi connectivity index (χ4v) is 3.25. The molecule has 2 heterocycles. The maximum atomic E-state index is 13.4. The number of benzene rings is 1. The van der Waals surface area contributed by atoms with E-state index < -0.39 is 12.1 Å². The van der Waals surface area contributed by atoms with Crippen molar-refractivity contribution in [2.75, 3.05) is 37.9 Å². The van der Waals surface area contributed by atoms with Gasteiger partial charge in [0.1, 0.15) is 0 Å². The van der Waals surface area contributed by atoms with Crippen LogP contribution >= 0.6 is 11.6 Å². The third-order valence-electron chi connectivity index (χ3n) is 4.64. The molecule has 0 atom stereocenters. The van der Waals surface area contributed by atoms with Crippen LogP contribution in [0.25, 0.3) is 0 Å². The van der Waals surface area contributed by atoms with Gasteiger partial charge >= 0.3 is 6.03 Å². The van der Waals surface area contributed by atoms with E-state index in [0.717, 1.165) is 17.7 Å². The molecule has 0 bridgehead atoms. The first-order valence-electron chi connectivity index (χ1n) is 7.61. The van der Waals surface area contributed by atoms with Crippen molar-refractivity contribution in [2.45, 2.75) is 19.3 Å². The van der Waals surface area contributed by atoms with Crippen LogP contribution in [0.5, 0.6) is 0 Å². The van der Waals surface area contributed by atoms with Gasteiger partial charge in [0.15, 0.2) is 0 Å². The minimum atomic E-state index is -0.481. The number of rotatable bonds is 3. The highest BCUT2D eigenvalue weighted by Gasteiger charge is 2.34. The molecule has 2 amide bonds. The molecular weight excluding hydrogens is 307 g/mol. The summed E-state index contributed by atoms with van der Waals surface area (Å²) in [6.45, 7) is 1.66. The number of anilines is 1. The van der Waals surface area contributed by atoms with Crippen LogP contribution < -0.4 is 10.2 Å². The van der Waals surface area contributed by atoms with Crippen molar-refractivity contribution in [1.29, 1.82) is 0 Å². The zero-order valence-corrected chi connectivity index (χ0v) is 13.2. The number of alkyl halides is 1. The zero-order valence-electron chi connectivity index (χ0n) is 12.4. The number of amides is 2. The van der Waals surface area contributed by atoms with E-state index in [-0.39, 0.29) is 6.03 Å². The standard InChI is InChI=1S/C16H20ClFN2O2/c17-13-2-1-12-3-6-20(14(12)9-13)15(21)19-11-16(10-18)4-7-22-8-5-16/h1-2,9H,3-8,10-11H2,(H,19,21). The molecule has 0 aromatic heterocycles. The fraction of sp³-hybridized carbons (Fsp3) is 0.562. The molecule has 0 aliphatic carbocycles. The summed E-state index contributed by atoms with van der Waals surface area (Å²) < 4.78 is 18.7. The van der Waals surface area contributed by atoms with E-state index in [4.69, 9.17) is 16.3 Å². The van der Waals surface area contributed by atoms with Crippen molar-refractivity contribution in [3.63, 3.8) is 0 Å². The quantitative estimate of drug-likeness (QED) is 0.927. The molecule has 1 aromatic rings. The van der Waals surface area contributed by atoms with Crippen molar-refractivity contribution in [2.24, 2.45) is 5.41 Å². The van der Waals surface area contributed by atoms with Gasteiger partial charge in [0, 0.05) is 36.7 Å². The molecule has 22 heavy (non-hydrogen) atoms. The summed E-state index contributed by atoms with van der Waals surface area (Å²) in [6.07, 6.45) is 2.11. The van der Waals surface area contributed by atoms with Crippen LogP contribution in [-0.2, 0) is 11.2 Å². The minimum Gasteiger partial charge on any atom is -0.381 e. The number of hydrogen-bond donors (Lipinski definition) is 1. The summed E-state index contributed by atoms with van der Waals surface area (Å²) >= 11 is 6.01. The number of ether oxygens (including phenoxy) is 1. The molecule has 3 rings (SSSR count). The Morgan fingerprint density at radius 2 is 2.18 bits per heavy atom. The first-order chi connectivity index (χ1) is 10.6. The fourth-order valence-electron chi connectivity index (χ4n) is 3.08. The van der Waals surface area contributed by atoms with E-state index >= 15 is 0 Å². The van der Waals surface area contributed by atoms with Gasteiger partial charge in [-0.15, -0.1) is 0 Å². The number of hydrogen-bond acceptors (Lipinski definition) is 2. The first kappa shape index (κ1) is 15.6.